The molecule has 0 fully saturated rings. The molecule has 73 valence electrons. The van der Waals surface area contributed by atoms with Crippen molar-refractivity contribution in [2.24, 2.45) is 0 Å². The van der Waals surface area contributed by atoms with Crippen LogP contribution in [-0.2, 0) is 9.47 Å². The first-order valence-corrected chi connectivity index (χ1v) is 4.86. The van der Waals surface area contributed by atoms with E-state index < -0.39 is 0 Å². The van der Waals surface area contributed by atoms with E-state index in [1.165, 1.54) is 0 Å². The fourth-order valence-electron chi connectivity index (χ4n) is 0.816. The Kier molecular flexibility index (Phi) is 10.8. The van der Waals surface area contributed by atoms with Crippen LogP contribution < -0.4 is 0 Å². The fraction of sp³-hybridized carbons (Fsp3) is 0.900. The quantitative estimate of drug-likeness (QED) is 0.499. The van der Waals surface area contributed by atoms with Crippen LogP contribution in [0.4, 0.5) is 0 Å². The molecular weight excluding hydrogens is 152 g/mol. The van der Waals surface area contributed by atoms with Gasteiger partial charge in [-0.1, -0.05) is 20.3 Å². The van der Waals surface area contributed by atoms with Crippen LogP contribution in [0.1, 0.15) is 32.6 Å². The molecule has 0 aliphatic rings. The molecule has 0 saturated heterocycles. The molecule has 0 heterocycles. The largest absolute Gasteiger partial charge is 0.381 e. The molecule has 0 aliphatic heterocycles. The average molecular weight is 173 g/mol. The van der Waals surface area contributed by atoms with Gasteiger partial charge < -0.3 is 9.47 Å². The van der Waals surface area contributed by atoms with Gasteiger partial charge in [-0.05, 0) is 19.3 Å². The number of hydrogen-bond acceptors (Lipinski definition) is 2. The van der Waals surface area contributed by atoms with Crippen molar-refractivity contribution >= 4 is 0 Å². The Labute approximate surface area is 76.3 Å². The van der Waals surface area contributed by atoms with Crippen molar-refractivity contribution in [3.05, 3.63) is 6.92 Å². The first kappa shape index (κ1) is 11.9. The van der Waals surface area contributed by atoms with E-state index in [1.54, 1.807) is 0 Å². The van der Waals surface area contributed by atoms with E-state index in [0.717, 1.165) is 52.1 Å². The molecule has 0 spiro atoms. The van der Waals surface area contributed by atoms with Gasteiger partial charge in [-0.25, -0.2) is 0 Å². The molecule has 0 aliphatic carbocycles. The van der Waals surface area contributed by atoms with Crippen molar-refractivity contribution in [1.82, 2.24) is 0 Å². The fourth-order valence-corrected chi connectivity index (χ4v) is 0.816. The van der Waals surface area contributed by atoms with Crippen LogP contribution in [0.3, 0.4) is 0 Å². The lowest BCUT2D eigenvalue weighted by atomic mass is 10.4. The highest BCUT2D eigenvalue weighted by Crippen LogP contribution is 1.90. The smallest absolute Gasteiger partial charge is 0.0487 e. The minimum atomic E-state index is 0.823. The van der Waals surface area contributed by atoms with E-state index in [1.807, 2.05) is 0 Å². The van der Waals surface area contributed by atoms with Gasteiger partial charge in [-0.2, -0.15) is 0 Å². The van der Waals surface area contributed by atoms with Gasteiger partial charge in [0.1, 0.15) is 0 Å². The number of rotatable bonds is 9. The lowest BCUT2D eigenvalue weighted by Crippen LogP contribution is -2.02. The van der Waals surface area contributed by atoms with Crippen LogP contribution in [0, 0.1) is 6.92 Å². The Morgan fingerprint density at radius 1 is 0.917 bits per heavy atom. The zero-order valence-corrected chi connectivity index (χ0v) is 8.18. The summed E-state index contributed by atoms with van der Waals surface area (Å²) < 4.78 is 10.6. The van der Waals surface area contributed by atoms with Gasteiger partial charge in [0.05, 0.1) is 0 Å². The Balaban J connectivity index is 2.73. The molecule has 1 radical (unpaired) electrons. The van der Waals surface area contributed by atoms with Crippen LogP contribution in [0.5, 0.6) is 0 Å². The van der Waals surface area contributed by atoms with Crippen molar-refractivity contribution in [3.63, 3.8) is 0 Å². The third-order valence-electron chi connectivity index (χ3n) is 1.46. The van der Waals surface area contributed by atoms with E-state index in [9.17, 15) is 0 Å². The molecule has 0 unspecified atom stereocenters. The van der Waals surface area contributed by atoms with Crippen molar-refractivity contribution in [1.29, 1.82) is 0 Å². The van der Waals surface area contributed by atoms with Gasteiger partial charge in [0.25, 0.3) is 0 Å². The first-order chi connectivity index (χ1) is 5.91. The second-order valence-electron chi connectivity index (χ2n) is 2.79. The SMILES string of the molecule is [CH2]CCCOCCCOCCC. The molecular formula is C10H21O2. The summed E-state index contributed by atoms with van der Waals surface area (Å²) >= 11 is 0. The summed E-state index contributed by atoms with van der Waals surface area (Å²) in [6.07, 6.45) is 4.14. The highest BCUT2D eigenvalue weighted by Gasteiger charge is 1.88. The molecule has 0 aromatic rings. The molecule has 0 atom stereocenters. The minimum Gasteiger partial charge on any atom is -0.381 e. The van der Waals surface area contributed by atoms with Crippen LogP contribution in [0.25, 0.3) is 0 Å². The summed E-state index contributed by atoms with van der Waals surface area (Å²) in [5.74, 6) is 0. The zero-order chi connectivity index (χ0) is 9.07. The Morgan fingerprint density at radius 3 is 2.08 bits per heavy atom. The van der Waals surface area contributed by atoms with Crippen LogP contribution >= 0.6 is 0 Å². The van der Waals surface area contributed by atoms with Gasteiger partial charge in [0, 0.05) is 26.4 Å². The van der Waals surface area contributed by atoms with Crippen LogP contribution in [-0.4, -0.2) is 26.4 Å². The lowest BCUT2D eigenvalue weighted by molar-refractivity contribution is 0.0822. The number of hydrogen-bond donors (Lipinski definition) is 0. The molecule has 2 heteroatoms. The summed E-state index contributed by atoms with van der Waals surface area (Å²) in [7, 11) is 0. The molecule has 0 rings (SSSR count). The zero-order valence-electron chi connectivity index (χ0n) is 8.18. The van der Waals surface area contributed by atoms with Crippen LogP contribution in [0.15, 0.2) is 0 Å². The van der Waals surface area contributed by atoms with Gasteiger partial charge in [-0.15, -0.1) is 0 Å². The van der Waals surface area contributed by atoms with E-state index in [4.69, 9.17) is 9.47 Å². The normalized spacial score (nSPS) is 10.5. The summed E-state index contributed by atoms with van der Waals surface area (Å²) in [6.45, 7) is 9.23. The molecule has 12 heavy (non-hydrogen) atoms. The second-order valence-corrected chi connectivity index (χ2v) is 2.79. The molecule has 0 saturated carbocycles. The maximum Gasteiger partial charge on any atom is 0.0487 e. The average Bonchev–Trinajstić information content (AvgIpc) is 2.10. The third kappa shape index (κ3) is 9.92. The predicted molar refractivity (Wildman–Crippen MR) is 51.1 cm³/mol. The van der Waals surface area contributed by atoms with Crippen molar-refractivity contribution in [2.45, 2.75) is 32.6 Å². The third-order valence-corrected chi connectivity index (χ3v) is 1.46. The van der Waals surface area contributed by atoms with Gasteiger partial charge in [-0.3, -0.25) is 0 Å². The topological polar surface area (TPSA) is 18.5 Å². The number of unbranched alkanes of at least 4 members (excludes halogenated alkanes) is 1. The summed E-state index contributed by atoms with van der Waals surface area (Å²) in [6, 6.07) is 0. The molecule has 2 nitrogen and oxygen atoms in total. The van der Waals surface area contributed by atoms with Gasteiger partial charge in [0.2, 0.25) is 0 Å². The number of ether oxygens (including phenoxy) is 2. The highest BCUT2D eigenvalue weighted by molar-refractivity contribution is 4.40. The maximum atomic E-state index is 5.33. The monoisotopic (exact) mass is 173 g/mol. The van der Waals surface area contributed by atoms with Crippen molar-refractivity contribution in [3.8, 4) is 0 Å². The van der Waals surface area contributed by atoms with E-state index in [2.05, 4.69) is 13.8 Å². The molecule has 0 aromatic carbocycles. The highest BCUT2D eigenvalue weighted by atomic mass is 16.5. The molecule has 0 N–H and O–H groups in total. The lowest BCUT2D eigenvalue weighted by Gasteiger charge is -2.03. The predicted octanol–water partition coefficient (Wildman–Crippen LogP) is 2.43. The van der Waals surface area contributed by atoms with E-state index in [0.29, 0.717) is 0 Å². The second kappa shape index (κ2) is 10.9. The molecule has 0 bridgehead atoms. The summed E-state index contributed by atoms with van der Waals surface area (Å²) in [4.78, 5) is 0. The van der Waals surface area contributed by atoms with E-state index in [-0.39, 0.29) is 0 Å². The molecule has 0 aromatic heterocycles. The summed E-state index contributed by atoms with van der Waals surface area (Å²) in [5.41, 5.74) is 0. The first-order valence-electron chi connectivity index (χ1n) is 4.86. The summed E-state index contributed by atoms with van der Waals surface area (Å²) in [5, 5.41) is 0. The Morgan fingerprint density at radius 2 is 1.50 bits per heavy atom. The van der Waals surface area contributed by atoms with Crippen LogP contribution in [0.2, 0.25) is 0 Å². The minimum absolute atomic E-state index is 0.823. The Bertz CT molecular complexity index is 64.2. The van der Waals surface area contributed by atoms with E-state index >= 15 is 0 Å². The van der Waals surface area contributed by atoms with Crippen molar-refractivity contribution in [2.75, 3.05) is 26.4 Å². The Hall–Kier alpha value is -0.0800. The maximum absolute atomic E-state index is 5.33. The van der Waals surface area contributed by atoms with Gasteiger partial charge in [0.15, 0.2) is 0 Å². The molecule has 0 amide bonds. The standard InChI is InChI=1S/C10H21O2/c1-3-5-8-12-10-6-9-11-7-4-2/h1,3-10H2,2H3. The van der Waals surface area contributed by atoms with Gasteiger partial charge >= 0.3 is 0 Å². The van der Waals surface area contributed by atoms with Crippen molar-refractivity contribution < 1.29 is 9.47 Å².